The van der Waals surface area contributed by atoms with Gasteiger partial charge in [0.25, 0.3) is 0 Å². The molecule has 1 aliphatic heterocycles. The Hall–Kier alpha value is -1.96. The molecule has 0 aromatic carbocycles. The van der Waals surface area contributed by atoms with Crippen molar-refractivity contribution in [1.29, 1.82) is 0 Å². The third kappa shape index (κ3) is 2.29. The zero-order valence-corrected chi connectivity index (χ0v) is 12.9. The Bertz CT molecular complexity index is 752. The molecule has 8 heteroatoms. The normalized spacial score (nSPS) is 18.1. The third-order valence-electron chi connectivity index (χ3n) is 3.71. The van der Waals surface area contributed by atoms with Gasteiger partial charge in [0.15, 0.2) is 5.82 Å². The SMILES string of the molecule is CCc1nc2n(n1)C[C@H](Nc1nn3cc(C)nc3s1)CC2. The number of aryl methyl sites for hydroxylation is 3. The number of nitrogens with one attached hydrogen (secondary N) is 1. The largest absolute Gasteiger partial charge is 0.355 e. The summed E-state index contributed by atoms with van der Waals surface area (Å²) in [6, 6.07) is 0.348. The maximum Gasteiger partial charge on any atom is 0.214 e. The fourth-order valence-electron chi connectivity index (χ4n) is 2.67. The number of aromatic nitrogens is 6. The van der Waals surface area contributed by atoms with Crippen LogP contribution in [-0.4, -0.2) is 35.4 Å². The van der Waals surface area contributed by atoms with Crippen LogP contribution in [0.1, 0.15) is 30.7 Å². The van der Waals surface area contributed by atoms with Crippen molar-refractivity contribution in [2.24, 2.45) is 0 Å². The highest BCUT2D eigenvalue weighted by atomic mass is 32.1. The van der Waals surface area contributed by atoms with E-state index < -0.39 is 0 Å². The number of anilines is 1. The number of hydrogen-bond acceptors (Lipinski definition) is 6. The fraction of sp³-hybridized carbons (Fsp3) is 0.538. The van der Waals surface area contributed by atoms with E-state index in [1.807, 2.05) is 22.3 Å². The highest BCUT2D eigenvalue weighted by molar-refractivity contribution is 7.20. The Morgan fingerprint density at radius 3 is 3.10 bits per heavy atom. The third-order valence-corrected chi connectivity index (χ3v) is 4.56. The van der Waals surface area contributed by atoms with Gasteiger partial charge in [-0.1, -0.05) is 18.3 Å². The quantitative estimate of drug-likeness (QED) is 0.797. The summed E-state index contributed by atoms with van der Waals surface area (Å²) in [4.78, 5) is 9.90. The Kier molecular flexibility index (Phi) is 2.91. The van der Waals surface area contributed by atoms with Crippen molar-refractivity contribution >= 4 is 21.4 Å². The Labute approximate surface area is 126 Å². The van der Waals surface area contributed by atoms with E-state index in [-0.39, 0.29) is 0 Å². The minimum atomic E-state index is 0.348. The summed E-state index contributed by atoms with van der Waals surface area (Å²) >= 11 is 1.59. The predicted octanol–water partition coefficient (Wildman–Crippen LogP) is 1.68. The molecule has 4 heterocycles. The minimum absolute atomic E-state index is 0.348. The lowest BCUT2D eigenvalue weighted by Gasteiger charge is -2.22. The molecule has 21 heavy (non-hydrogen) atoms. The Balaban J connectivity index is 1.51. The monoisotopic (exact) mass is 303 g/mol. The first-order valence-electron chi connectivity index (χ1n) is 7.23. The van der Waals surface area contributed by atoms with Crippen molar-refractivity contribution in [2.45, 2.75) is 45.7 Å². The van der Waals surface area contributed by atoms with Crippen molar-refractivity contribution in [1.82, 2.24) is 29.4 Å². The van der Waals surface area contributed by atoms with Gasteiger partial charge in [0.1, 0.15) is 5.82 Å². The first-order valence-corrected chi connectivity index (χ1v) is 8.05. The number of imidazole rings is 1. The molecule has 0 aliphatic carbocycles. The molecule has 0 radical (unpaired) electrons. The van der Waals surface area contributed by atoms with Gasteiger partial charge in [-0.25, -0.2) is 19.2 Å². The summed E-state index contributed by atoms with van der Waals surface area (Å²) in [6.45, 7) is 4.92. The molecule has 1 aliphatic rings. The highest BCUT2D eigenvalue weighted by Crippen LogP contribution is 2.22. The number of hydrogen-bond donors (Lipinski definition) is 1. The van der Waals surface area contributed by atoms with Gasteiger partial charge in [-0.05, 0) is 13.3 Å². The van der Waals surface area contributed by atoms with Crippen LogP contribution in [-0.2, 0) is 19.4 Å². The van der Waals surface area contributed by atoms with E-state index in [0.717, 1.165) is 53.2 Å². The molecule has 3 aromatic heterocycles. The van der Waals surface area contributed by atoms with E-state index in [9.17, 15) is 0 Å². The van der Waals surface area contributed by atoms with Gasteiger partial charge in [0.2, 0.25) is 10.1 Å². The zero-order chi connectivity index (χ0) is 14.4. The Morgan fingerprint density at radius 2 is 2.29 bits per heavy atom. The summed E-state index contributed by atoms with van der Waals surface area (Å²) in [7, 11) is 0. The maximum absolute atomic E-state index is 4.54. The van der Waals surface area contributed by atoms with Gasteiger partial charge in [0.05, 0.1) is 18.4 Å². The molecule has 0 unspecified atom stereocenters. The van der Waals surface area contributed by atoms with Gasteiger partial charge in [-0.2, -0.15) is 5.10 Å². The molecule has 0 fully saturated rings. The van der Waals surface area contributed by atoms with Gasteiger partial charge >= 0.3 is 0 Å². The van der Waals surface area contributed by atoms with Crippen molar-refractivity contribution in [3.05, 3.63) is 23.5 Å². The van der Waals surface area contributed by atoms with Crippen LogP contribution in [0.3, 0.4) is 0 Å². The second kappa shape index (κ2) is 4.80. The van der Waals surface area contributed by atoms with Crippen LogP contribution in [0, 0.1) is 6.92 Å². The van der Waals surface area contributed by atoms with E-state index in [2.05, 4.69) is 32.4 Å². The van der Waals surface area contributed by atoms with E-state index in [0.29, 0.717) is 6.04 Å². The average Bonchev–Trinajstić information content (AvgIpc) is 3.10. The van der Waals surface area contributed by atoms with E-state index in [1.54, 1.807) is 11.3 Å². The van der Waals surface area contributed by atoms with Gasteiger partial charge in [-0.3, -0.25) is 0 Å². The molecule has 0 bridgehead atoms. The van der Waals surface area contributed by atoms with Crippen molar-refractivity contribution in [3.63, 3.8) is 0 Å². The summed E-state index contributed by atoms with van der Waals surface area (Å²) < 4.78 is 3.87. The zero-order valence-electron chi connectivity index (χ0n) is 12.1. The van der Waals surface area contributed by atoms with Crippen molar-refractivity contribution in [3.8, 4) is 0 Å². The van der Waals surface area contributed by atoms with E-state index in [1.165, 1.54) is 0 Å². The second-order valence-electron chi connectivity index (χ2n) is 5.38. The predicted molar refractivity (Wildman–Crippen MR) is 80.7 cm³/mol. The van der Waals surface area contributed by atoms with Crippen LogP contribution in [0.4, 0.5) is 5.13 Å². The first kappa shape index (κ1) is 12.8. The number of fused-ring (bicyclic) bond motifs is 2. The molecule has 1 N–H and O–H groups in total. The second-order valence-corrected chi connectivity index (χ2v) is 6.33. The molecule has 7 nitrogen and oxygen atoms in total. The lowest BCUT2D eigenvalue weighted by molar-refractivity contribution is 0.440. The van der Waals surface area contributed by atoms with Crippen LogP contribution in [0.2, 0.25) is 0 Å². The molecule has 4 rings (SSSR count). The molecular formula is C13H17N7S. The number of nitrogens with zero attached hydrogens (tertiary/aromatic N) is 6. The molecule has 0 amide bonds. The maximum atomic E-state index is 4.54. The van der Waals surface area contributed by atoms with Crippen LogP contribution in [0.15, 0.2) is 6.20 Å². The highest BCUT2D eigenvalue weighted by Gasteiger charge is 2.22. The Morgan fingerprint density at radius 1 is 1.38 bits per heavy atom. The van der Waals surface area contributed by atoms with Gasteiger partial charge in [-0.15, -0.1) is 5.10 Å². The van der Waals surface area contributed by atoms with Crippen LogP contribution >= 0.6 is 11.3 Å². The topological polar surface area (TPSA) is 72.9 Å². The minimum Gasteiger partial charge on any atom is -0.355 e. The van der Waals surface area contributed by atoms with Gasteiger partial charge in [0, 0.05) is 18.9 Å². The first-order chi connectivity index (χ1) is 10.2. The van der Waals surface area contributed by atoms with Gasteiger partial charge < -0.3 is 5.32 Å². The summed E-state index contributed by atoms with van der Waals surface area (Å²) in [6.07, 6.45) is 4.86. The average molecular weight is 303 g/mol. The van der Waals surface area contributed by atoms with E-state index >= 15 is 0 Å². The number of rotatable bonds is 3. The molecule has 0 spiro atoms. The van der Waals surface area contributed by atoms with Crippen molar-refractivity contribution < 1.29 is 0 Å². The summed E-state index contributed by atoms with van der Waals surface area (Å²) in [5.74, 6) is 2.04. The molecule has 3 aromatic rings. The van der Waals surface area contributed by atoms with Crippen LogP contribution < -0.4 is 5.32 Å². The summed E-state index contributed by atoms with van der Waals surface area (Å²) in [5, 5.41) is 13.5. The van der Waals surface area contributed by atoms with Crippen LogP contribution in [0.25, 0.3) is 4.96 Å². The molecular weight excluding hydrogens is 286 g/mol. The standard InChI is InChI=1S/C13H17N7S/c1-3-10-16-11-5-4-9(7-19(11)17-10)15-12-18-20-6-8(2)14-13(20)21-12/h6,9H,3-5,7H2,1-2H3,(H,15,18)/t9-/m1/s1. The van der Waals surface area contributed by atoms with Crippen molar-refractivity contribution in [2.75, 3.05) is 5.32 Å². The molecule has 0 saturated carbocycles. The molecule has 0 saturated heterocycles. The van der Waals surface area contributed by atoms with Crippen LogP contribution in [0.5, 0.6) is 0 Å². The summed E-state index contributed by atoms with van der Waals surface area (Å²) in [5.41, 5.74) is 0.998. The lowest BCUT2D eigenvalue weighted by Crippen LogP contribution is -2.32. The lowest BCUT2D eigenvalue weighted by atomic mass is 10.1. The fourth-order valence-corrected chi connectivity index (χ4v) is 3.57. The molecule has 1 atom stereocenters. The smallest absolute Gasteiger partial charge is 0.214 e. The van der Waals surface area contributed by atoms with E-state index in [4.69, 9.17) is 0 Å². The molecule has 110 valence electrons.